The van der Waals surface area contributed by atoms with Crippen LogP contribution in [0.15, 0.2) is 48.5 Å². The normalized spacial score (nSPS) is 10.3. The first kappa shape index (κ1) is 14.9. The monoisotopic (exact) mass is 307 g/mol. The summed E-state index contributed by atoms with van der Waals surface area (Å²) < 4.78 is 0. The van der Waals surface area contributed by atoms with E-state index in [1.807, 2.05) is 42.5 Å². The van der Waals surface area contributed by atoms with Crippen LogP contribution in [-0.2, 0) is 17.9 Å². The summed E-state index contributed by atoms with van der Waals surface area (Å²) in [7, 11) is 0. The summed E-state index contributed by atoms with van der Waals surface area (Å²) in [5.74, 6) is 0.00453. The quantitative estimate of drug-likeness (QED) is 0.812. The zero-order valence-electron chi connectivity index (χ0n) is 11.1. The predicted octanol–water partition coefficient (Wildman–Crippen LogP) is 4.54. The number of nitrogens with zero attached hydrogens (tertiary/aromatic N) is 1. The highest BCUT2D eigenvalue weighted by Gasteiger charge is 2.13. The third-order valence-electron chi connectivity index (χ3n) is 3.05. The number of hydrogen-bond acceptors (Lipinski definition) is 1. The van der Waals surface area contributed by atoms with E-state index < -0.39 is 0 Å². The zero-order valence-corrected chi connectivity index (χ0v) is 12.7. The van der Waals surface area contributed by atoms with Gasteiger partial charge in [-0.2, -0.15) is 0 Å². The molecule has 2 aromatic rings. The second kappa shape index (κ2) is 6.78. The van der Waals surface area contributed by atoms with E-state index >= 15 is 0 Å². The molecule has 2 rings (SSSR count). The molecule has 2 aromatic carbocycles. The number of carbonyl (C=O) groups is 1. The molecule has 0 unspecified atom stereocenters. The van der Waals surface area contributed by atoms with Gasteiger partial charge in [0.15, 0.2) is 0 Å². The first-order chi connectivity index (χ1) is 9.58. The van der Waals surface area contributed by atoms with Gasteiger partial charge in [0, 0.05) is 20.0 Å². The SMILES string of the molecule is CC(=O)N(Cc1ccccc1)Cc1cccc(Cl)c1Cl. The molecule has 0 aliphatic rings. The fraction of sp³-hybridized carbons (Fsp3) is 0.188. The van der Waals surface area contributed by atoms with Crippen molar-refractivity contribution in [3.63, 3.8) is 0 Å². The maximum absolute atomic E-state index is 11.8. The second-order valence-corrected chi connectivity index (χ2v) is 5.36. The number of hydrogen-bond donors (Lipinski definition) is 0. The summed E-state index contributed by atoms with van der Waals surface area (Å²) in [6, 6.07) is 15.3. The van der Waals surface area contributed by atoms with E-state index in [-0.39, 0.29) is 5.91 Å². The van der Waals surface area contributed by atoms with Gasteiger partial charge in [0.25, 0.3) is 0 Å². The Bertz CT molecular complexity index is 599. The Morgan fingerprint density at radius 1 is 1.00 bits per heavy atom. The average Bonchev–Trinajstić information content (AvgIpc) is 2.44. The molecule has 1 amide bonds. The molecule has 0 fully saturated rings. The van der Waals surface area contributed by atoms with Crippen molar-refractivity contribution in [2.24, 2.45) is 0 Å². The van der Waals surface area contributed by atoms with Gasteiger partial charge in [0.2, 0.25) is 5.91 Å². The van der Waals surface area contributed by atoms with E-state index in [2.05, 4.69) is 0 Å². The van der Waals surface area contributed by atoms with Gasteiger partial charge in [-0.1, -0.05) is 65.7 Å². The minimum Gasteiger partial charge on any atom is -0.334 e. The lowest BCUT2D eigenvalue weighted by molar-refractivity contribution is -0.130. The number of benzene rings is 2. The third kappa shape index (κ3) is 3.75. The van der Waals surface area contributed by atoms with Gasteiger partial charge >= 0.3 is 0 Å². The molecular weight excluding hydrogens is 293 g/mol. The highest BCUT2D eigenvalue weighted by molar-refractivity contribution is 6.42. The lowest BCUT2D eigenvalue weighted by Gasteiger charge is -2.22. The van der Waals surface area contributed by atoms with Crippen LogP contribution >= 0.6 is 23.2 Å². The minimum absolute atomic E-state index is 0.00453. The van der Waals surface area contributed by atoms with Crippen molar-refractivity contribution in [1.82, 2.24) is 4.90 Å². The van der Waals surface area contributed by atoms with Crippen molar-refractivity contribution in [1.29, 1.82) is 0 Å². The molecule has 4 heteroatoms. The lowest BCUT2D eigenvalue weighted by Crippen LogP contribution is -2.27. The van der Waals surface area contributed by atoms with E-state index in [9.17, 15) is 4.79 Å². The fourth-order valence-corrected chi connectivity index (χ4v) is 2.34. The van der Waals surface area contributed by atoms with Crippen LogP contribution < -0.4 is 0 Å². The maximum Gasteiger partial charge on any atom is 0.220 e. The molecule has 0 aliphatic heterocycles. The van der Waals surface area contributed by atoms with Gasteiger partial charge in [0.1, 0.15) is 0 Å². The molecule has 20 heavy (non-hydrogen) atoms. The van der Waals surface area contributed by atoms with Gasteiger partial charge in [-0.3, -0.25) is 4.79 Å². The molecule has 2 nitrogen and oxygen atoms in total. The van der Waals surface area contributed by atoms with E-state index in [1.165, 1.54) is 0 Å². The molecule has 0 saturated heterocycles. The average molecular weight is 308 g/mol. The van der Waals surface area contributed by atoms with E-state index in [0.29, 0.717) is 23.1 Å². The van der Waals surface area contributed by atoms with Gasteiger partial charge in [-0.25, -0.2) is 0 Å². The standard InChI is InChI=1S/C16H15Cl2NO/c1-12(20)19(10-13-6-3-2-4-7-13)11-14-8-5-9-15(17)16(14)18/h2-9H,10-11H2,1H3. The Morgan fingerprint density at radius 3 is 2.35 bits per heavy atom. The van der Waals surface area contributed by atoms with Gasteiger partial charge in [0.05, 0.1) is 10.0 Å². The first-order valence-electron chi connectivity index (χ1n) is 6.30. The summed E-state index contributed by atoms with van der Waals surface area (Å²) >= 11 is 12.2. The summed E-state index contributed by atoms with van der Waals surface area (Å²) in [5.41, 5.74) is 1.94. The number of amides is 1. The minimum atomic E-state index is 0.00453. The number of halogens is 2. The van der Waals surface area contributed by atoms with Crippen LogP contribution in [0.25, 0.3) is 0 Å². The molecule has 0 N–H and O–H groups in total. The van der Waals surface area contributed by atoms with E-state index in [1.54, 1.807) is 17.9 Å². The van der Waals surface area contributed by atoms with Gasteiger partial charge < -0.3 is 4.90 Å². The zero-order chi connectivity index (χ0) is 14.5. The van der Waals surface area contributed by atoms with Crippen LogP contribution in [0.4, 0.5) is 0 Å². The summed E-state index contributed by atoms with van der Waals surface area (Å²) in [4.78, 5) is 13.5. The Morgan fingerprint density at radius 2 is 1.70 bits per heavy atom. The van der Waals surface area contributed by atoms with Gasteiger partial charge in [-0.05, 0) is 17.2 Å². The maximum atomic E-state index is 11.8. The Hall–Kier alpha value is -1.51. The van der Waals surface area contributed by atoms with Crippen molar-refractivity contribution < 1.29 is 4.79 Å². The molecule has 0 saturated carbocycles. The fourth-order valence-electron chi connectivity index (χ4n) is 1.96. The molecule has 0 bridgehead atoms. The molecule has 0 atom stereocenters. The van der Waals surface area contributed by atoms with Crippen molar-refractivity contribution >= 4 is 29.1 Å². The van der Waals surface area contributed by atoms with E-state index in [0.717, 1.165) is 11.1 Å². The molecule has 0 spiro atoms. The van der Waals surface area contributed by atoms with Gasteiger partial charge in [-0.15, -0.1) is 0 Å². The lowest BCUT2D eigenvalue weighted by atomic mass is 10.1. The van der Waals surface area contributed by atoms with Crippen molar-refractivity contribution in [3.8, 4) is 0 Å². The summed E-state index contributed by atoms with van der Waals surface area (Å²) in [6.07, 6.45) is 0. The van der Waals surface area contributed by atoms with Crippen molar-refractivity contribution in [3.05, 3.63) is 69.7 Å². The van der Waals surface area contributed by atoms with Crippen molar-refractivity contribution in [2.45, 2.75) is 20.0 Å². The number of rotatable bonds is 4. The Kier molecular flexibility index (Phi) is 5.05. The number of carbonyl (C=O) groups excluding carboxylic acids is 1. The van der Waals surface area contributed by atoms with Crippen LogP contribution in [0, 0.1) is 0 Å². The molecule has 104 valence electrons. The Balaban J connectivity index is 2.18. The highest BCUT2D eigenvalue weighted by atomic mass is 35.5. The molecule has 0 heterocycles. The predicted molar refractivity (Wildman–Crippen MR) is 82.8 cm³/mol. The Labute approximate surface area is 128 Å². The first-order valence-corrected chi connectivity index (χ1v) is 7.06. The van der Waals surface area contributed by atoms with E-state index in [4.69, 9.17) is 23.2 Å². The third-order valence-corrected chi connectivity index (χ3v) is 3.91. The van der Waals surface area contributed by atoms with Crippen LogP contribution in [-0.4, -0.2) is 10.8 Å². The van der Waals surface area contributed by atoms with Crippen LogP contribution in [0.2, 0.25) is 10.0 Å². The summed E-state index contributed by atoms with van der Waals surface area (Å²) in [6.45, 7) is 2.56. The van der Waals surface area contributed by atoms with Crippen LogP contribution in [0.3, 0.4) is 0 Å². The molecular formula is C16H15Cl2NO. The molecule has 0 aliphatic carbocycles. The van der Waals surface area contributed by atoms with Crippen LogP contribution in [0.5, 0.6) is 0 Å². The molecule has 0 aromatic heterocycles. The molecule has 0 radical (unpaired) electrons. The largest absolute Gasteiger partial charge is 0.334 e. The second-order valence-electron chi connectivity index (χ2n) is 4.57. The van der Waals surface area contributed by atoms with Crippen LogP contribution in [0.1, 0.15) is 18.1 Å². The van der Waals surface area contributed by atoms with Crippen molar-refractivity contribution in [2.75, 3.05) is 0 Å². The smallest absolute Gasteiger partial charge is 0.220 e. The topological polar surface area (TPSA) is 20.3 Å². The highest BCUT2D eigenvalue weighted by Crippen LogP contribution is 2.26. The summed E-state index contributed by atoms with van der Waals surface area (Å²) in [5, 5.41) is 1.01.